The van der Waals surface area contributed by atoms with Crippen molar-refractivity contribution < 1.29 is 9.84 Å². The molecule has 3 heteroatoms. The highest BCUT2D eigenvalue weighted by atomic mass is 79.9. The van der Waals surface area contributed by atoms with Crippen LogP contribution in [-0.4, -0.2) is 12.2 Å². The van der Waals surface area contributed by atoms with E-state index in [2.05, 4.69) is 15.9 Å². The number of rotatable bonds is 4. The topological polar surface area (TPSA) is 29.5 Å². The second kappa shape index (κ2) is 7.46. The summed E-state index contributed by atoms with van der Waals surface area (Å²) in [6.07, 6.45) is 8.27. The predicted molar refractivity (Wildman–Crippen MR) is 86.2 cm³/mol. The molecule has 0 spiro atoms. The maximum Gasteiger partial charge on any atom is 0.125 e. The molecule has 1 aromatic rings. The van der Waals surface area contributed by atoms with Crippen molar-refractivity contribution >= 4 is 15.9 Å². The van der Waals surface area contributed by atoms with Gasteiger partial charge in [0.05, 0.1) is 13.2 Å². The van der Waals surface area contributed by atoms with Crippen LogP contribution in [0.3, 0.4) is 0 Å². The standard InChI is InChI=1S/C17H25BrO2/c1-12-9-17(20-2)14(11-15(12)18)16(19)10-13-7-5-3-4-6-8-13/h9,11,13,16,19H,3-8,10H2,1-2H3. The third-order valence-corrected chi connectivity index (χ3v) is 5.26. The SMILES string of the molecule is COc1cc(C)c(Br)cc1C(O)CC1CCCCCC1. The lowest BCUT2D eigenvalue weighted by Crippen LogP contribution is -2.08. The minimum absolute atomic E-state index is 0.426. The summed E-state index contributed by atoms with van der Waals surface area (Å²) in [6.45, 7) is 2.04. The van der Waals surface area contributed by atoms with Crippen LogP contribution in [-0.2, 0) is 0 Å². The molecule has 0 bridgehead atoms. The van der Waals surface area contributed by atoms with Gasteiger partial charge in [0.2, 0.25) is 0 Å². The number of hydrogen-bond acceptors (Lipinski definition) is 2. The van der Waals surface area contributed by atoms with Gasteiger partial charge in [-0.2, -0.15) is 0 Å². The van der Waals surface area contributed by atoms with Gasteiger partial charge in [-0.05, 0) is 37.0 Å². The monoisotopic (exact) mass is 340 g/mol. The molecule has 1 aromatic carbocycles. The summed E-state index contributed by atoms with van der Waals surface area (Å²) in [5, 5.41) is 10.6. The van der Waals surface area contributed by atoms with Crippen LogP contribution in [0.25, 0.3) is 0 Å². The number of methoxy groups -OCH3 is 1. The Labute approximate surface area is 130 Å². The Morgan fingerprint density at radius 3 is 2.50 bits per heavy atom. The lowest BCUT2D eigenvalue weighted by atomic mass is 9.90. The van der Waals surface area contributed by atoms with Crippen molar-refractivity contribution in [3.63, 3.8) is 0 Å². The fourth-order valence-corrected chi connectivity index (χ4v) is 3.51. The summed E-state index contributed by atoms with van der Waals surface area (Å²) in [5.74, 6) is 1.45. The molecule has 1 fully saturated rings. The van der Waals surface area contributed by atoms with Crippen LogP contribution < -0.4 is 4.74 Å². The first kappa shape index (κ1) is 15.8. The van der Waals surface area contributed by atoms with E-state index in [0.717, 1.165) is 27.8 Å². The van der Waals surface area contributed by atoms with E-state index in [9.17, 15) is 5.11 Å². The normalized spacial score (nSPS) is 18.6. The van der Waals surface area contributed by atoms with E-state index >= 15 is 0 Å². The highest BCUT2D eigenvalue weighted by Crippen LogP contribution is 2.36. The molecule has 1 unspecified atom stereocenters. The molecule has 20 heavy (non-hydrogen) atoms. The van der Waals surface area contributed by atoms with E-state index in [4.69, 9.17) is 4.74 Å². The number of benzene rings is 1. The summed E-state index contributed by atoms with van der Waals surface area (Å²) < 4.78 is 6.47. The van der Waals surface area contributed by atoms with Crippen molar-refractivity contribution in [3.05, 3.63) is 27.7 Å². The predicted octanol–water partition coefficient (Wildman–Crippen LogP) is 5.16. The molecular weight excluding hydrogens is 316 g/mol. The Kier molecular flexibility index (Phi) is 5.91. The first-order chi connectivity index (χ1) is 9.61. The summed E-state index contributed by atoms with van der Waals surface area (Å²) in [4.78, 5) is 0. The van der Waals surface area contributed by atoms with Crippen LogP contribution in [0.5, 0.6) is 5.75 Å². The van der Waals surface area contributed by atoms with Crippen LogP contribution in [0.15, 0.2) is 16.6 Å². The molecule has 0 saturated heterocycles. The fourth-order valence-electron chi connectivity index (χ4n) is 3.15. The molecule has 112 valence electrons. The summed E-state index contributed by atoms with van der Waals surface area (Å²) >= 11 is 3.55. The van der Waals surface area contributed by atoms with Gasteiger partial charge in [0.25, 0.3) is 0 Å². The minimum Gasteiger partial charge on any atom is -0.496 e. The molecule has 1 saturated carbocycles. The Hall–Kier alpha value is -0.540. The van der Waals surface area contributed by atoms with Gasteiger partial charge in [-0.25, -0.2) is 0 Å². The van der Waals surface area contributed by atoms with Gasteiger partial charge in [-0.1, -0.05) is 54.5 Å². The Morgan fingerprint density at radius 1 is 1.25 bits per heavy atom. The lowest BCUT2D eigenvalue weighted by molar-refractivity contribution is 0.135. The Balaban J connectivity index is 2.11. The minimum atomic E-state index is -0.426. The zero-order chi connectivity index (χ0) is 14.5. The second-order valence-electron chi connectivity index (χ2n) is 5.95. The molecular formula is C17H25BrO2. The average molecular weight is 341 g/mol. The van der Waals surface area contributed by atoms with Gasteiger partial charge in [-0.15, -0.1) is 0 Å². The van der Waals surface area contributed by atoms with Gasteiger partial charge in [0.15, 0.2) is 0 Å². The number of aliphatic hydroxyl groups is 1. The Morgan fingerprint density at radius 2 is 1.90 bits per heavy atom. The van der Waals surface area contributed by atoms with Crippen molar-refractivity contribution in [1.29, 1.82) is 0 Å². The first-order valence-corrected chi connectivity index (χ1v) is 8.43. The molecule has 1 atom stereocenters. The van der Waals surface area contributed by atoms with E-state index in [1.54, 1.807) is 7.11 Å². The molecule has 0 radical (unpaired) electrons. The second-order valence-corrected chi connectivity index (χ2v) is 6.81. The number of halogens is 1. The van der Waals surface area contributed by atoms with E-state index in [1.807, 2.05) is 19.1 Å². The third kappa shape index (κ3) is 3.98. The van der Waals surface area contributed by atoms with Crippen molar-refractivity contribution in [1.82, 2.24) is 0 Å². The fraction of sp³-hybridized carbons (Fsp3) is 0.647. The number of aliphatic hydroxyl groups excluding tert-OH is 1. The van der Waals surface area contributed by atoms with Crippen molar-refractivity contribution in [2.45, 2.75) is 58.0 Å². The van der Waals surface area contributed by atoms with Gasteiger partial charge >= 0.3 is 0 Å². The van der Waals surface area contributed by atoms with Crippen molar-refractivity contribution in [2.24, 2.45) is 5.92 Å². The van der Waals surface area contributed by atoms with Gasteiger partial charge in [0.1, 0.15) is 5.75 Å². The van der Waals surface area contributed by atoms with E-state index in [0.29, 0.717) is 5.92 Å². The summed E-state index contributed by atoms with van der Waals surface area (Å²) in [6, 6.07) is 4.01. The maximum absolute atomic E-state index is 10.6. The third-order valence-electron chi connectivity index (χ3n) is 4.40. The zero-order valence-corrected chi connectivity index (χ0v) is 14.1. The van der Waals surface area contributed by atoms with Gasteiger partial charge < -0.3 is 9.84 Å². The highest BCUT2D eigenvalue weighted by Gasteiger charge is 2.21. The average Bonchev–Trinajstić information content (AvgIpc) is 2.69. The molecule has 1 aliphatic rings. The molecule has 2 nitrogen and oxygen atoms in total. The van der Waals surface area contributed by atoms with Crippen LogP contribution >= 0.6 is 15.9 Å². The summed E-state index contributed by atoms with van der Waals surface area (Å²) in [7, 11) is 1.67. The van der Waals surface area contributed by atoms with Crippen molar-refractivity contribution in [2.75, 3.05) is 7.11 Å². The molecule has 1 N–H and O–H groups in total. The molecule has 0 amide bonds. The van der Waals surface area contributed by atoms with Gasteiger partial charge in [0, 0.05) is 10.0 Å². The van der Waals surface area contributed by atoms with Crippen LogP contribution in [0, 0.1) is 12.8 Å². The summed E-state index contributed by atoms with van der Waals surface area (Å²) in [5.41, 5.74) is 2.04. The number of aryl methyl sites for hydroxylation is 1. The zero-order valence-electron chi connectivity index (χ0n) is 12.5. The van der Waals surface area contributed by atoms with E-state index in [-0.39, 0.29) is 0 Å². The Bertz CT molecular complexity index is 437. The molecule has 2 rings (SSSR count). The molecule has 0 heterocycles. The smallest absolute Gasteiger partial charge is 0.125 e. The van der Waals surface area contributed by atoms with Crippen LogP contribution in [0.2, 0.25) is 0 Å². The number of hydrogen-bond donors (Lipinski definition) is 1. The number of ether oxygens (including phenoxy) is 1. The van der Waals surface area contributed by atoms with E-state index in [1.165, 1.54) is 38.5 Å². The molecule has 0 aliphatic heterocycles. The van der Waals surface area contributed by atoms with Crippen LogP contribution in [0.4, 0.5) is 0 Å². The molecule has 1 aliphatic carbocycles. The van der Waals surface area contributed by atoms with Crippen LogP contribution in [0.1, 0.15) is 62.2 Å². The van der Waals surface area contributed by atoms with Gasteiger partial charge in [-0.3, -0.25) is 0 Å². The van der Waals surface area contributed by atoms with Crippen molar-refractivity contribution in [3.8, 4) is 5.75 Å². The largest absolute Gasteiger partial charge is 0.496 e. The maximum atomic E-state index is 10.6. The highest BCUT2D eigenvalue weighted by molar-refractivity contribution is 9.10. The van der Waals surface area contributed by atoms with E-state index < -0.39 is 6.10 Å². The quantitative estimate of drug-likeness (QED) is 0.767. The first-order valence-electron chi connectivity index (χ1n) is 7.64. The lowest BCUT2D eigenvalue weighted by Gasteiger charge is -2.21. The molecule has 0 aromatic heterocycles.